The maximum atomic E-state index is 12.4. The highest BCUT2D eigenvalue weighted by molar-refractivity contribution is 5.84. The zero-order valence-electron chi connectivity index (χ0n) is 73.8. The van der Waals surface area contributed by atoms with Gasteiger partial charge >= 0.3 is 17.9 Å². The van der Waals surface area contributed by atoms with E-state index in [-0.39, 0.29) is 290 Å². The number of ether oxygens (including phenoxy) is 16. The number of nitrogens with one attached hydrogen (secondary N) is 11. The average molecular weight is 1790 g/mol. The van der Waals surface area contributed by atoms with Crippen molar-refractivity contribution >= 4 is 71.1 Å². The number of carboxylic acids is 3. The number of likely N-dealkylation sites (N-methyl/N-ethyl adjacent to an activating group) is 1. The van der Waals surface area contributed by atoms with Crippen LogP contribution in [0.3, 0.4) is 0 Å². The third-order valence-corrected chi connectivity index (χ3v) is 17.7. The van der Waals surface area contributed by atoms with Gasteiger partial charge in [0.05, 0.1) is 165 Å². The third-order valence-electron chi connectivity index (χ3n) is 17.7. The Bertz CT molecular complexity index is 2660. The lowest BCUT2D eigenvalue weighted by Gasteiger charge is -2.14. The molecule has 9 amide bonds. The van der Waals surface area contributed by atoms with Crippen LogP contribution in [0, 0.1) is 0 Å². The summed E-state index contributed by atoms with van der Waals surface area (Å²) in [5, 5.41) is 57.2. The van der Waals surface area contributed by atoms with Gasteiger partial charge in [0.25, 0.3) is 0 Å². The molecule has 14 N–H and O–H groups in total. The van der Waals surface area contributed by atoms with E-state index in [1.54, 1.807) is 7.05 Å². The summed E-state index contributed by atoms with van der Waals surface area (Å²) < 4.78 is 86.2. The number of hydrogen-bond donors (Lipinski definition) is 14. The first-order valence-corrected chi connectivity index (χ1v) is 44.2. The standard InChI is InChI=1S/C82H153N11O31/c1-83-69(81(105)106)22-20-21-27-85-73(96)62-118-55-48-110-38-29-84-28-37-109-46-47-111-40-31-87-74(97)63-120-57-50-113-42-33-89-76(99)65-122-59-52-115-44-35-91-78(101)67-124-61-54-117-45-36-92-79(102)68-123-60-53-116-43-34-90-77(100)66-121-58-51-114-41-32-88-75(98)64-119-56-49-112-39-30-86-71(94)26-25-70(82(107)108)93-72(95)23-18-16-14-12-10-8-6-4-2-3-5-7-9-11-13-15-17-19-24-80(103)104/h69-70,83-84H,2-68H2,1H3,(H,85,96)(H,86,94)(H,87,97)(H,88,98)(H,89,99)(H,90,100)(H,91,101)(H,92,102)(H,93,95)(H,103,104)(H,105,106)(H,107,108)/t69-,70-/m0/s1. The molecule has 42 heteroatoms. The molecule has 124 heavy (non-hydrogen) atoms. The highest BCUT2D eigenvalue weighted by Crippen LogP contribution is 2.16. The first-order chi connectivity index (χ1) is 60.4. The molecule has 0 aromatic rings. The van der Waals surface area contributed by atoms with Gasteiger partial charge in [0.2, 0.25) is 53.2 Å². The third kappa shape index (κ3) is 89.7. The summed E-state index contributed by atoms with van der Waals surface area (Å²) in [4.78, 5) is 142. The Morgan fingerprint density at radius 3 is 0.685 bits per heavy atom. The summed E-state index contributed by atoms with van der Waals surface area (Å²) in [5.41, 5.74) is 0. The number of hydrogen-bond acceptors (Lipinski definition) is 30. The molecule has 0 saturated heterocycles. The molecule has 42 nitrogen and oxygen atoms in total. The molecule has 2 atom stereocenters. The van der Waals surface area contributed by atoms with Crippen LogP contribution in [0.4, 0.5) is 0 Å². The molecule has 0 heterocycles. The number of carboxylic acid groups (broad SMARTS) is 3. The average Bonchev–Trinajstić information content (AvgIpc) is 0.928. The molecule has 0 aromatic heterocycles. The number of aliphatic carboxylic acids is 3. The number of rotatable bonds is 98. The van der Waals surface area contributed by atoms with E-state index in [4.69, 9.17) is 86.0 Å². The zero-order valence-corrected chi connectivity index (χ0v) is 73.8. The van der Waals surface area contributed by atoms with Gasteiger partial charge in [0, 0.05) is 84.7 Å². The molecule has 0 fully saturated rings. The minimum absolute atomic E-state index is 0.0439. The van der Waals surface area contributed by atoms with Gasteiger partial charge in [0.1, 0.15) is 58.3 Å². The van der Waals surface area contributed by atoms with Crippen molar-refractivity contribution in [3.05, 3.63) is 0 Å². The Kier molecular flexibility index (Phi) is 86.9. The Morgan fingerprint density at radius 1 is 0.210 bits per heavy atom. The van der Waals surface area contributed by atoms with Crippen molar-refractivity contribution in [3.63, 3.8) is 0 Å². The Morgan fingerprint density at radius 2 is 0.435 bits per heavy atom. The van der Waals surface area contributed by atoms with Crippen LogP contribution in [0.25, 0.3) is 0 Å². The zero-order chi connectivity index (χ0) is 90.6. The van der Waals surface area contributed by atoms with E-state index in [1.165, 1.54) is 70.6 Å². The number of unbranched alkanes of at least 4 members (excludes halogenated alkanes) is 18. The van der Waals surface area contributed by atoms with E-state index in [9.17, 15) is 62.6 Å². The van der Waals surface area contributed by atoms with E-state index >= 15 is 0 Å². The quantitative estimate of drug-likeness (QED) is 0.0352. The second-order valence-corrected chi connectivity index (χ2v) is 28.4. The highest BCUT2D eigenvalue weighted by Gasteiger charge is 2.22. The van der Waals surface area contributed by atoms with Gasteiger partial charge in [-0.2, -0.15) is 0 Å². The first kappa shape index (κ1) is 117. The van der Waals surface area contributed by atoms with Crippen molar-refractivity contribution in [2.45, 2.75) is 173 Å². The normalized spacial score (nSPS) is 11.7. The van der Waals surface area contributed by atoms with Crippen molar-refractivity contribution in [1.29, 1.82) is 0 Å². The van der Waals surface area contributed by atoms with Gasteiger partial charge < -0.3 is 150 Å². The predicted octanol–water partition coefficient (Wildman–Crippen LogP) is -0.150. The minimum Gasteiger partial charge on any atom is -0.481 e. The summed E-state index contributed by atoms with van der Waals surface area (Å²) in [5.74, 6) is -5.73. The molecule has 0 saturated carbocycles. The Hall–Kier alpha value is -7.08. The molecule has 0 radical (unpaired) electrons. The van der Waals surface area contributed by atoms with E-state index in [1.807, 2.05) is 0 Å². The maximum Gasteiger partial charge on any atom is 0.326 e. The second kappa shape index (κ2) is 92.1. The molecule has 0 aliphatic carbocycles. The SMILES string of the molecule is CN[C@@H](CCCCNC(=O)COCCOCCNCCOCCOCCNC(=O)COCCOCCNC(=O)COCCOCCNC(=O)COCCOCCNC(=O)COCCOCCNC(=O)COCCOCCNC(=O)COCCOCCNC(=O)CC[C@H](NC(=O)CCCCCCCCCCCCCCCCCCCCC(=O)O)C(=O)O)C(=O)O. The van der Waals surface area contributed by atoms with E-state index < -0.39 is 30.0 Å². The van der Waals surface area contributed by atoms with Crippen LogP contribution in [0.5, 0.6) is 0 Å². The van der Waals surface area contributed by atoms with Crippen molar-refractivity contribution < 1.29 is 149 Å². The summed E-state index contributed by atoms with van der Waals surface area (Å²) in [6.45, 7) is 8.40. The monoisotopic (exact) mass is 1790 g/mol. The van der Waals surface area contributed by atoms with Crippen LogP contribution < -0.4 is 58.5 Å². The van der Waals surface area contributed by atoms with Gasteiger partial charge in [-0.3, -0.25) is 52.7 Å². The van der Waals surface area contributed by atoms with E-state index in [0.29, 0.717) is 91.5 Å². The molecular formula is C82H153N11O31. The molecule has 0 rings (SSSR count). The Labute approximate surface area is 731 Å². The van der Waals surface area contributed by atoms with Gasteiger partial charge in [-0.25, -0.2) is 4.79 Å². The molecule has 0 aromatic carbocycles. The first-order valence-electron chi connectivity index (χ1n) is 44.2. The fourth-order valence-electron chi connectivity index (χ4n) is 11.0. The molecule has 0 aliphatic heterocycles. The number of amides is 9. The maximum absolute atomic E-state index is 12.4. The molecule has 0 spiro atoms. The topological polar surface area (TPSA) is 546 Å². The number of carbonyl (C=O) groups excluding carboxylic acids is 9. The Balaban J connectivity index is 3.50. The summed E-state index contributed by atoms with van der Waals surface area (Å²) in [6.07, 6.45) is 22.7. The van der Waals surface area contributed by atoms with Gasteiger partial charge in [0.15, 0.2) is 0 Å². The molecule has 0 bridgehead atoms. The fraction of sp³-hybridized carbons (Fsp3) is 0.854. The van der Waals surface area contributed by atoms with Gasteiger partial charge in [-0.15, -0.1) is 0 Å². The van der Waals surface area contributed by atoms with Crippen LogP contribution in [0.2, 0.25) is 0 Å². The smallest absolute Gasteiger partial charge is 0.326 e. The summed E-state index contributed by atoms with van der Waals surface area (Å²) in [6, 6.07) is -1.75. The van der Waals surface area contributed by atoms with Crippen LogP contribution in [-0.2, 0) is 133 Å². The largest absolute Gasteiger partial charge is 0.481 e. The second-order valence-electron chi connectivity index (χ2n) is 28.4. The molecular weight excluding hydrogens is 1630 g/mol. The lowest BCUT2D eigenvalue weighted by atomic mass is 10.0. The molecule has 0 unspecified atom stereocenters. The van der Waals surface area contributed by atoms with Gasteiger partial charge in [-0.05, 0) is 45.6 Å². The van der Waals surface area contributed by atoms with Crippen LogP contribution in [0.15, 0.2) is 0 Å². The molecule has 722 valence electrons. The van der Waals surface area contributed by atoms with Crippen LogP contribution >= 0.6 is 0 Å². The summed E-state index contributed by atoms with van der Waals surface area (Å²) in [7, 11) is 1.60. The predicted molar refractivity (Wildman–Crippen MR) is 453 cm³/mol. The lowest BCUT2D eigenvalue weighted by molar-refractivity contribution is -0.142. The lowest BCUT2D eigenvalue weighted by Crippen LogP contribution is -2.41. The summed E-state index contributed by atoms with van der Waals surface area (Å²) >= 11 is 0. The van der Waals surface area contributed by atoms with Crippen LogP contribution in [-0.4, -0.2) is 382 Å². The fourth-order valence-corrected chi connectivity index (χ4v) is 11.0. The highest BCUT2D eigenvalue weighted by atomic mass is 16.6. The van der Waals surface area contributed by atoms with Crippen molar-refractivity contribution in [2.75, 3.05) is 284 Å². The van der Waals surface area contributed by atoms with Crippen molar-refractivity contribution in [3.8, 4) is 0 Å². The number of carbonyl (C=O) groups is 12. The van der Waals surface area contributed by atoms with Crippen molar-refractivity contribution in [1.82, 2.24) is 58.5 Å². The molecule has 0 aliphatic rings. The van der Waals surface area contributed by atoms with Crippen LogP contribution in [0.1, 0.15) is 161 Å². The van der Waals surface area contributed by atoms with E-state index in [0.717, 1.165) is 38.5 Å². The van der Waals surface area contributed by atoms with Crippen molar-refractivity contribution in [2.24, 2.45) is 0 Å². The van der Waals surface area contributed by atoms with Gasteiger partial charge in [-0.1, -0.05) is 103 Å². The minimum atomic E-state index is -1.19. The van der Waals surface area contributed by atoms with E-state index in [2.05, 4.69) is 58.5 Å².